The maximum Gasteiger partial charge on any atom is 0.231 e. The molecule has 0 bridgehead atoms. The third-order valence-corrected chi connectivity index (χ3v) is 3.89. The third-order valence-electron chi connectivity index (χ3n) is 3.89. The molecule has 0 spiro atoms. The molecule has 3 aromatic rings. The Morgan fingerprint density at radius 3 is 3.05 bits per heavy atom. The Hall–Kier alpha value is -1.99. The van der Waals surface area contributed by atoms with Gasteiger partial charge in [-0.3, -0.25) is 5.10 Å². The fourth-order valence-corrected chi connectivity index (χ4v) is 2.76. The molecule has 0 saturated carbocycles. The fourth-order valence-electron chi connectivity index (χ4n) is 2.76. The zero-order valence-electron chi connectivity index (χ0n) is 11.7. The largest absolute Gasteiger partial charge is 0.339 e. The number of nitrogens with one attached hydrogen (secondary N) is 2. The number of piperidine rings is 1. The molecule has 2 aromatic heterocycles. The lowest BCUT2D eigenvalue weighted by Gasteiger charge is -2.18. The van der Waals surface area contributed by atoms with E-state index in [9.17, 15) is 4.39 Å². The van der Waals surface area contributed by atoms with E-state index in [0.717, 1.165) is 25.9 Å². The van der Waals surface area contributed by atoms with Crippen molar-refractivity contribution >= 4 is 23.3 Å². The molecule has 2 N–H and O–H groups in total. The number of rotatable bonds is 2. The smallest absolute Gasteiger partial charge is 0.231 e. The predicted octanol–water partition coefficient (Wildman–Crippen LogP) is 2.64. The van der Waals surface area contributed by atoms with Gasteiger partial charge in [-0.1, -0.05) is 5.16 Å². The quantitative estimate of drug-likeness (QED) is 0.758. The van der Waals surface area contributed by atoms with Crippen LogP contribution in [-0.2, 0) is 0 Å². The topological polar surface area (TPSA) is 79.6 Å². The second-order valence-electron chi connectivity index (χ2n) is 5.25. The third kappa shape index (κ3) is 2.46. The van der Waals surface area contributed by atoms with Crippen LogP contribution in [0.15, 0.2) is 22.9 Å². The monoisotopic (exact) mass is 323 g/mol. The molecular weight excluding hydrogens is 309 g/mol. The van der Waals surface area contributed by atoms with Gasteiger partial charge in [-0.25, -0.2) is 4.39 Å². The van der Waals surface area contributed by atoms with E-state index in [1.165, 1.54) is 12.3 Å². The van der Waals surface area contributed by atoms with Gasteiger partial charge in [-0.05, 0) is 31.5 Å². The molecule has 1 aliphatic heterocycles. The minimum Gasteiger partial charge on any atom is -0.339 e. The maximum absolute atomic E-state index is 13.7. The van der Waals surface area contributed by atoms with E-state index < -0.39 is 0 Å². The lowest BCUT2D eigenvalue weighted by molar-refractivity contribution is 0.322. The minimum absolute atomic E-state index is 0. The first-order chi connectivity index (χ1) is 10.3. The van der Waals surface area contributed by atoms with Gasteiger partial charge in [0.25, 0.3) is 0 Å². The predicted molar refractivity (Wildman–Crippen MR) is 81.4 cm³/mol. The molecule has 1 saturated heterocycles. The number of aromatic nitrogens is 4. The van der Waals surface area contributed by atoms with Crippen LogP contribution in [0.25, 0.3) is 22.3 Å². The van der Waals surface area contributed by atoms with Crippen molar-refractivity contribution in [3.8, 4) is 11.4 Å². The lowest BCUT2D eigenvalue weighted by Crippen LogP contribution is -2.28. The van der Waals surface area contributed by atoms with Crippen LogP contribution in [0.3, 0.4) is 0 Å². The number of halogens is 2. The molecule has 4 rings (SSSR count). The Bertz CT molecular complexity index is 780. The first kappa shape index (κ1) is 14.9. The summed E-state index contributed by atoms with van der Waals surface area (Å²) in [5.41, 5.74) is 1.28. The second-order valence-corrected chi connectivity index (χ2v) is 5.25. The van der Waals surface area contributed by atoms with Gasteiger partial charge in [0.2, 0.25) is 11.7 Å². The van der Waals surface area contributed by atoms with Crippen molar-refractivity contribution in [2.75, 3.05) is 13.1 Å². The normalized spacial score (nSPS) is 18.3. The van der Waals surface area contributed by atoms with E-state index in [-0.39, 0.29) is 24.1 Å². The first-order valence-electron chi connectivity index (χ1n) is 6.99. The summed E-state index contributed by atoms with van der Waals surface area (Å²) in [6.45, 7) is 1.88. The number of nitrogens with zero attached hydrogens (tertiary/aromatic N) is 3. The van der Waals surface area contributed by atoms with Crippen LogP contribution in [-0.4, -0.2) is 33.4 Å². The molecule has 1 unspecified atom stereocenters. The van der Waals surface area contributed by atoms with Gasteiger partial charge in [0.1, 0.15) is 5.82 Å². The van der Waals surface area contributed by atoms with E-state index in [1.807, 2.05) is 0 Å². The Morgan fingerprint density at radius 2 is 2.23 bits per heavy atom. The van der Waals surface area contributed by atoms with E-state index >= 15 is 0 Å². The molecule has 3 heterocycles. The van der Waals surface area contributed by atoms with E-state index in [1.54, 1.807) is 6.07 Å². The summed E-state index contributed by atoms with van der Waals surface area (Å²) in [7, 11) is 0. The fraction of sp³-hybridized carbons (Fsp3) is 0.357. The molecule has 0 amide bonds. The molecule has 1 fully saturated rings. The number of fused-ring (bicyclic) bond motifs is 1. The molecule has 1 aromatic carbocycles. The lowest BCUT2D eigenvalue weighted by atomic mass is 10.00. The minimum atomic E-state index is -0.317. The molecule has 8 heteroatoms. The summed E-state index contributed by atoms with van der Waals surface area (Å²) in [6, 6.07) is 3.04. The average molecular weight is 324 g/mol. The first-order valence-corrected chi connectivity index (χ1v) is 6.99. The summed E-state index contributed by atoms with van der Waals surface area (Å²) >= 11 is 0. The van der Waals surface area contributed by atoms with Gasteiger partial charge in [0.15, 0.2) is 0 Å². The van der Waals surface area contributed by atoms with Crippen molar-refractivity contribution in [2.24, 2.45) is 0 Å². The SMILES string of the molecule is Cl.Fc1ccc(-c2noc(C3CCCNC3)n2)c2[nH]ncc12. The van der Waals surface area contributed by atoms with Crippen LogP contribution in [0.1, 0.15) is 24.7 Å². The molecular formula is C14H15ClFN5O. The van der Waals surface area contributed by atoms with Crippen molar-refractivity contribution in [1.29, 1.82) is 0 Å². The molecule has 1 aliphatic rings. The van der Waals surface area contributed by atoms with Crippen LogP contribution in [0.4, 0.5) is 4.39 Å². The average Bonchev–Trinajstić information content (AvgIpc) is 3.18. The summed E-state index contributed by atoms with van der Waals surface area (Å²) in [4.78, 5) is 4.48. The van der Waals surface area contributed by atoms with Gasteiger partial charge < -0.3 is 9.84 Å². The van der Waals surface area contributed by atoms with Gasteiger partial charge >= 0.3 is 0 Å². The maximum atomic E-state index is 13.7. The zero-order valence-corrected chi connectivity index (χ0v) is 12.5. The van der Waals surface area contributed by atoms with Crippen LogP contribution >= 0.6 is 12.4 Å². The second kappa shape index (κ2) is 6.02. The Morgan fingerprint density at radius 1 is 1.32 bits per heavy atom. The highest BCUT2D eigenvalue weighted by atomic mass is 35.5. The van der Waals surface area contributed by atoms with Crippen molar-refractivity contribution in [3.63, 3.8) is 0 Å². The Kier molecular flexibility index (Phi) is 4.08. The number of hydrogen-bond acceptors (Lipinski definition) is 5. The summed E-state index contributed by atoms with van der Waals surface area (Å²) in [5, 5.41) is 14.5. The standard InChI is InChI=1S/C14H14FN5O.ClH/c15-11-4-3-9(12-10(11)7-17-19-12)13-18-14(21-20-13)8-2-1-5-16-6-8;/h3-4,7-8,16H,1-2,5-6H2,(H,17,19);1H. The Balaban J connectivity index is 0.00000144. The Labute approximate surface area is 131 Å². The van der Waals surface area contributed by atoms with Crippen molar-refractivity contribution < 1.29 is 8.91 Å². The summed E-state index contributed by atoms with van der Waals surface area (Å²) in [6.07, 6.45) is 3.60. The number of benzene rings is 1. The van der Waals surface area contributed by atoms with Crippen LogP contribution in [0.2, 0.25) is 0 Å². The van der Waals surface area contributed by atoms with Gasteiger partial charge in [0, 0.05) is 12.1 Å². The van der Waals surface area contributed by atoms with Crippen molar-refractivity contribution in [2.45, 2.75) is 18.8 Å². The molecule has 0 radical (unpaired) electrons. The van der Waals surface area contributed by atoms with E-state index in [4.69, 9.17) is 4.52 Å². The van der Waals surface area contributed by atoms with Gasteiger partial charge in [-0.2, -0.15) is 10.1 Å². The van der Waals surface area contributed by atoms with Crippen LogP contribution < -0.4 is 5.32 Å². The number of aromatic amines is 1. The summed E-state index contributed by atoms with van der Waals surface area (Å²) in [5.74, 6) is 1.03. The number of hydrogen-bond donors (Lipinski definition) is 2. The van der Waals surface area contributed by atoms with E-state index in [0.29, 0.717) is 28.2 Å². The van der Waals surface area contributed by atoms with Gasteiger partial charge in [0.05, 0.1) is 23.0 Å². The van der Waals surface area contributed by atoms with Crippen LogP contribution in [0, 0.1) is 5.82 Å². The zero-order chi connectivity index (χ0) is 14.2. The highest BCUT2D eigenvalue weighted by Gasteiger charge is 2.22. The highest BCUT2D eigenvalue weighted by molar-refractivity contribution is 5.91. The molecule has 116 valence electrons. The molecule has 6 nitrogen and oxygen atoms in total. The number of H-pyrrole nitrogens is 1. The molecule has 1 atom stereocenters. The van der Waals surface area contributed by atoms with Crippen molar-refractivity contribution in [1.82, 2.24) is 25.7 Å². The molecule has 22 heavy (non-hydrogen) atoms. The van der Waals surface area contributed by atoms with Crippen LogP contribution in [0.5, 0.6) is 0 Å². The van der Waals surface area contributed by atoms with Gasteiger partial charge in [-0.15, -0.1) is 12.4 Å². The molecule has 0 aliphatic carbocycles. The van der Waals surface area contributed by atoms with Crippen molar-refractivity contribution in [3.05, 3.63) is 30.0 Å². The van der Waals surface area contributed by atoms with E-state index in [2.05, 4.69) is 25.7 Å². The highest BCUT2D eigenvalue weighted by Crippen LogP contribution is 2.29. The summed E-state index contributed by atoms with van der Waals surface area (Å²) < 4.78 is 19.1.